The molecular weight excluding hydrogens is 282 g/mol. The minimum atomic E-state index is 0.138. The van der Waals surface area contributed by atoms with Gasteiger partial charge in [0, 0.05) is 37.2 Å². The summed E-state index contributed by atoms with van der Waals surface area (Å²) in [6.45, 7) is 11.5. The monoisotopic (exact) mass is 311 g/mol. The fourth-order valence-corrected chi connectivity index (χ4v) is 3.52. The van der Waals surface area contributed by atoms with E-state index in [-0.39, 0.29) is 5.54 Å². The van der Waals surface area contributed by atoms with Crippen molar-refractivity contribution in [1.29, 1.82) is 0 Å². The zero-order valence-electron chi connectivity index (χ0n) is 14.0. The van der Waals surface area contributed by atoms with Crippen molar-refractivity contribution in [2.45, 2.75) is 65.1 Å². The van der Waals surface area contributed by atoms with Gasteiger partial charge in [0.15, 0.2) is 5.13 Å². The van der Waals surface area contributed by atoms with Crippen molar-refractivity contribution in [3.05, 3.63) is 10.6 Å². The van der Waals surface area contributed by atoms with E-state index in [2.05, 4.69) is 45.0 Å². The molecule has 0 aromatic carbocycles. The largest absolute Gasteiger partial charge is 0.376 e. The zero-order valence-corrected chi connectivity index (χ0v) is 14.8. The molecule has 0 aliphatic carbocycles. The molecule has 2 heterocycles. The first-order chi connectivity index (χ1) is 9.89. The number of anilines is 1. The van der Waals surface area contributed by atoms with E-state index >= 15 is 0 Å². The van der Waals surface area contributed by atoms with Gasteiger partial charge in [-0.2, -0.15) is 0 Å². The summed E-state index contributed by atoms with van der Waals surface area (Å²) >= 11 is 1.81. The van der Waals surface area contributed by atoms with Crippen molar-refractivity contribution in [3.63, 3.8) is 0 Å². The predicted octanol–water partition coefficient (Wildman–Crippen LogP) is 3.21. The summed E-state index contributed by atoms with van der Waals surface area (Å²) in [5.41, 5.74) is 1.37. The molecule has 1 saturated heterocycles. The Morgan fingerprint density at radius 1 is 1.43 bits per heavy atom. The molecule has 1 aliphatic rings. The summed E-state index contributed by atoms with van der Waals surface area (Å²) in [4.78, 5) is 8.43. The number of hydrogen-bond acceptors (Lipinski definition) is 5. The first-order valence-corrected chi connectivity index (χ1v) is 8.77. The molecule has 0 bridgehead atoms. The van der Waals surface area contributed by atoms with Crippen LogP contribution < -0.4 is 10.2 Å². The lowest BCUT2D eigenvalue weighted by Crippen LogP contribution is -2.35. The Balaban J connectivity index is 2.01. The molecule has 1 aromatic rings. The Labute approximate surface area is 132 Å². The van der Waals surface area contributed by atoms with Crippen molar-refractivity contribution in [2.75, 3.05) is 25.1 Å². The second-order valence-electron chi connectivity index (χ2n) is 6.84. The number of likely N-dealkylation sites (N-methyl/N-ethyl adjacent to an activating group) is 1. The average Bonchev–Trinajstić information content (AvgIpc) is 3.03. The lowest BCUT2D eigenvalue weighted by Gasteiger charge is -2.20. The van der Waals surface area contributed by atoms with Crippen molar-refractivity contribution in [1.82, 2.24) is 10.3 Å². The van der Waals surface area contributed by atoms with Gasteiger partial charge in [-0.1, -0.05) is 6.92 Å². The zero-order chi connectivity index (χ0) is 15.5. The van der Waals surface area contributed by atoms with E-state index in [1.165, 1.54) is 23.4 Å². The van der Waals surface area contributed by atoms with E-state index in [1.807, 2.05) is 11.3 Å². The highest BCUT2D eigenvalue weighted by atomic mass is 32.1. The van der Waals surface area contributed by atoms with Gasteiger partial charge < -0.3 is 15.0 Å². The smallest absolute Gasteiger partial charge is 0.185 e. The highest BCUT2D eigenvalue weighted by molar-refractivity contribution is 7.15. The van der Waals surface area contributed by atoms with Crippen molar-refractivity contribution in [3.8, 4) is 0 Å². The normalized spacial score (nSPS) is 19.2. The van der Waals surface area contributed by atoms with Gasteiger partial charge in [-0.3, -0.25) is 0 Å². The van der Waals surface area contributed by atoms with E-state index in [1.54, 1.807) is 0 Å². The average molecular weight is 311 g/mol. The summed E-state index contributed by atoms with van der Waals surface area (Å²) in [5, 5.41) is 4.68. The van der Waals surface area contributed by atoms with Crippen LogP contribution in [-0.4, -0.2) is 36.8 Å². The number of thiazole rings is 1. The minimum absolute atomic E-state index is 0.138. The Kier molecular flexibility index (Phi) is 5.63. The van der Waals surface area contributed by atoms with E-state index < -0.39 is 0 Å². The van der Waals surface area contributed by atoms with Crippen LogP contribution in [0.1, 0.15) is 51.1 Å². The molecule has 21 heavy (non-hydrogen) atoms. The Bertz CT molecular complexity index is 447. The van der Waals surface area contributed by atoms with E-state index in [0.717, 1.165) is 31.2 Å². The molecule has 5 heteroatoms. The van der Waals surface area contributed by atoms with Crippen LogP contribution in [0.5, 0.6) is 0 Å². The molecular formula is C16H29N3OS. The number of nitrogens with zero attached hydrogens (tertiary/aromatic N) is 2. The van der Waals surface area contributed by atoms with Gasteiger partial charge in [0.1, 0.15) is 0 Å². The van der Waals surface area contributed by atoms with Gasteiger partial charge >= 0.3 is 0 Å². The topological polar surface area (TPSA) is 37.4 Å². The maximum atomic E-state index is 5.72. The molecule has 1 atom stereocenters. The highest BCUT2D eigenvalue weighted by Gasteiger charge is 2.20. The van der Waals surface area contributed by atoms with Gasteiger partial charge in [-0.25, -0.2) is 4.98 Å². The maximum Gasteiger partial charge on any atom is 0.185 e. The lowest BCUT2D eigenvalue weighted by atomic mass is 10.1. The van der Waals surface area contributed by atoms with E-state index in [0.29, 0.717) is 6.10 Å². The molecule has 1 aliphatic heterocycles. The molecule has 2 rings (SSSR count). The van der Waals surface area contributed by atoms with Gasteiger partial charge in [-0.15, -0.1) is 11.3 Å². The van der Waals surface area contributed by atoms with Crippen molar-refractivity contribution < 1.29 is 4.74 Å². The number of aryl methyl sites for hydroxylation is 1. The fourth-order valence-electron chi connectivity index (χ4n) is 2.46. The number of ether oxygens (including phenoxy) is 1. The Morgan fingerprint density at radius 3 is 2.76 bits per heavy atom. The number of rotatable bonds is 6. The predicted molar refractivity (Wildman–Crippen MR) is 90.3 cm³/mol. The molecule has 120 valence electrons. The first-order valence-electron chi connectivity index (χ1n) is 7.95. The van der Waals surface area contributed by atoms with Gasteiger partial charge in [0.25, 0.3) is 0 Å². The maximum absolute atomic E-state index is 5.72. The van der Waals surface area contributed by atoms with Crippen molar-refractivity contribution >= 4 is 16.5 Å². The van der Waals surface area contributed by atoms with E-state index in [9.17, 15) is 0 Å². The van der Waals surface area contributed by atoms with Crippen LogP contribution in [0.4, 0.5) is 5.13 Å². The second-order valence-corrected chi connectivity index (χ2v) is 7.90. The number of hydrogen-bond donors (Lipinski definition) is 1. The van der Waals surface area contributed by atoms with Gasteiger partial charge in [0.2, 0.25) is 0 Å². The summed E-state index contributed by atoms with van der Waals surface area (Å²) in [5.74, 6) is 0. The van der Waals surface area contributed by atoms with Gasteiger partial charge in [0.05, 0.1) is 11.8 Å². The summed E-state index contributed by atoms with van der Waals surface area (Å²) in [7, 11) is 2.13. The summed E-state index contributed by atoms with van der Waals surface area (Å²) < 4.78 is 5.72. The summed E-state index contributed by atoms with van der Waals surface area (Å²) in [6.07, 6.45) is 3.73. The molecule has 0 spiro atoms. The Morgan fingerprint density at radius 2 is 2.19 bits per heavy atom. The highest BCUT2D eigenvalue weighted by Crippen LogP contribution is 2.27. The molecule has 0 saturated carbocycles. The van der Waals surface area contributed by atoms with Crippen LogP contribution in [0.15, 0.2) is 0 Å². The lowest BCUT2D eigenvalue weighted by molar-refractivity contribution is 0.116. The molecule has 1 unspecified atom stereocenters. The second kappa shape index (κ2) is 7.07. The van der Waals surface area contributed by atoms with Gasteiger partial charge in [-0.05, 0) is 40.0 Å². The van der Waals surface area contributed by atoms with Crippen LogP contribution >= 0.6 is 11.3 Å². The Hall–Kier alpha value is -0.650. The summed E-state index contributed by atoms with van der Waals surface area (Å²) in [6, 6.07) is 0. The minimum Gasteiger partial charge on any atom is -0.376 e. The standard InChI is InChI=1S/C16H29N3OS/c1-6-13-14(10-17-16(2,3)4)21-15(18-13)19(5)11-12-8-7-9-20-12/h12,17H,6-11H2,1-5H3. The van der Waals surface area contributed by atoms with E-state index in [4.69, 9.17) is 9.72 Å². The van der Waals surface area contributed by atoms with Crippen LogP contribution in [0.2, 0.25) is 0 Å². The molecule has 0 radical (unpaired) electrons. The SMILES string of the molecule is CCc1nc(N(C)CC2CCCO2)sc1CNC(C)(C)C. The third-order valence-corrected chi connectivity index (χ3v) is 4.92. The van der Waals surface area contributed by atoms with Crippen LogP contribution in [0, 0.1) is 0 Å². The van der Waals surface area contributed by atoms with Crippen molar-refractivity contribution in [2.24, 2.45) is 0 Å². The number of nitrogens with one attached hydrogen (secondary N) is 1. The van der Waals surface area contributed by atoms with Crippen LogP contribution in [0.25, 0.3) is 0 Å². The molecule has 1 fully saturated rings. The molecule has 1 N–H and O–H groups in total. The number of aromatic nitrogens is 1. The molecule has 0 amide bonds. The third-order valence-electron chi connectivity index (χ3n) is 3.71. The first kappa shape index (κ1) is 16.7. The molecule has 1 aromatic heterocycles. The molecule has 4 nitrogen and oxygen atoms in total. The quantitative estimate of drug-likeness (QED) is 0.875. The van der Waals surface area contributed by atoms with Crippen LogP contribution in [0.3, 0.4) is 0 Å². The van der Waals surface area contributed by atoms with Crippen LogP contribution in [-0.2, 0) is 17.7 Å². The fraction of sp³-hybridized carbons (Fsp3) is 0.812. The third kappa shape index (κ3) is 4.94.